The second-order valence-corrected chi connectivity index (χ2v) is 5.44. The molecule has 0 aromatic rings. The van der Waals surface area contributed by atoms with Crippen molar-refractivity contribution < 1.29 is 17.9 Å². The highest BCUT2D eigenvalue weighted by atomic mass is 19.4. The Bertz CT molecular complexity index is 233. The summed E-state index contributed by atoms with van der Waals surface area (Å²) in [6.45, 7) is 4.33. The molecule has 0 heterocycles. The Balaban J connectivity index is 1.98. The van der Waals surface area contributed by atoms with Crippen LogP contribution in [0.1, 0.15) is 39.5 Å². The quantitative estimate of drug-likeness (QED) is 0.745. The van der Waals surface area contributed by atoms with Crippen LogP contribution in [0.5, 0.6) is 0 Å². The Labute approximate surface area is 107 Å². The molecule has 3 unspecified atom stereocenters. The third kappa shape index (κ3) is 6.59. The van der Waals surface area contributed by atoms with Crippen LogP contribution in [0.15, 0.2) is 0 Å². The Morgan fingerprint density at radius 1 is 1.17 bits per heavy atom. The minimum Gasteiger partial charge on any atom is -0.372 e. The fourth-order valence-electron chi connectivity index (χ4n) is 2.40. The highest BCUT2D eigenvalue weighted by Crippen LogP contribution is 2.29. The molecular weight excluding hydrogens is 243 g/mol. The summed E-state index contributed by atoms with van der Waals surface area (Å²) in [5, 5.41) is 3.41. The fraction of sp³-hybridized carbons (Fsp3) is 1.00. The molecule has 1 aliphatic carbocycles. The van der Waals surface area contributed by atoms with Crippen LogP contribution >= 0.6 is 0 Å². The lowest BCUT2D eigenvalue weighted by Gasteiger charge is -2.32. The number of ether oxygens (including phenoxy) is 1. The van der Waals surface area contributed by atoms with Crippen LogP contribution in [-0.2, 0) is 4.74 Å². The number of hydrogen-bond donors (Lipinski definition) is 1. The summed E-state index contributed by atoms with van der Waals surface area (Å²) in [7, 11) is 0. The standard InChI is InChI=1S/C13H24F3NO/c1-10-4-5-12(8-11(10)2)17-6-3-7-18-9-13(14,15)16/h10-12,17H,3-9H2,1-2H3. The minimum atomic E-state index is -4.21. The van der Waals surface area contributed by atoms with E-state index in [4.69, 9.17) is 0 Å². The van der Waals surface area contributed by atoms with Crippen LogP contribution in [0, 0.1) is 11.8 Å². The van der Waals surface area contributed by atoms with Gasteiger partial charge in [-0.3, -0.25) is 0 Å². The highest BCUT2D eigenvalue weighted by Gasteiger charge is 2.27. The highest BCUT2D eigenvalue weighted by molar-refractivity contribution is 4.79. The zero-order valence-corrected chi connectivity index (χ0v) is 11.2. The molecule has 1 saturated carbocycles. The van der Waals surface area contributed by atoms with Crippen molar-refractivity contribution in [2.45, 2.75) is 51.7 Å². The maximum absolute atomic E-state index is 11.8. The van der Waals surface area contributed by atoms with Crippen molar-refractivity contribution in [1.82, 2.24) is 5.32 Å². The topological polar surface area (TPSA) is 21.3 Å². The normalized spacial score (nSPS) is 29.5. The van der Waals surface area contributed by atoms with Crippen molar-refractivity contribution in [2.24, 2.45) is 11.8 Å². The van der Waals surface area contributed by atoms with Gasteiger partial charge in [-0.1, -0.05) is 13.8 Å². The molecule has 0 bridgehead atoms. The first kappa shape index (κ1) is 15.8. The number of hydrogen-bond acceptors (Lipinski definition) is 2. The van der Waals surface area contributed by atoms with Crippen molar-refractivity contribution in [1.29, 1.82) is 0 Å². The second-order valence-electron chi connectivity index (χ2n) is 5.44. The summed E-state index contributed by atoms with van der Waals surface area (Å²) in [6, 6.07) is 0.527. The number of halogens is 3. The minimum absolute atomic E-state index is 0.172. The van der Waals surface area contributed by atoms with Crippen LogP contribution < -0.4 is 5.32 Å². The summed E-state index contributed by atoms with van der Waals surface area (Å²) in [4.78, 5) is 0. The smallest absolute Gasteiger partial charge is 0.372 e. The van der Waals surface area contributed by atoms with Crippen molar-refractivity contribution in [3.8, 4) is 0 Å². The average Bonchev–Trinajstić information content (AvgIpc) is 2.26. The Morgan fingerprint density at radius 2 is 1.89 bits per heavy atom. The van der Waals surface area contributed by atoms with E-state index >= 15 is 0 Å². The Kier molecular flexibility index (Phi) is 6.43. The predicted molar refractivity (Wildman–Crippen MR) is 65.5 cm³/mol. The molecular formula is C13H24F3NO. The first-order valence-electron chi connectivity index (χ1n) is 6.76. The van der Waals surface area contributed by atoms with E-state index in [1.807, 2.05) is 0 Å². The van der Waals surface area contributed by atoms with Crippen LogP contribution in [0.2, 0.25) is 0 Å². The van der Waals surface area contributed by atoms with Crippen LogP contribution in [0.3, 0.4) is 0 Å². The number of nitrogens with one attached hydrogen (secondary N) is 1. The molecule has 0 radical (unpaired) electrons. The second kappa shape index (κ2) is 7.34. The van der Waals surface area contributed by atoms with E-state index in [-0.39, 0.29) is 6.61 Å². The van der Waals surface area contributed by atoms with E-state index in [0.717, 1.165) is 18.4 Å². The van der Waals surface area contributed by atoms with E-state index < -0.39 is 12.8 Å². The Morgan fingerprint density at radius 3 is 2.50 bits per heavy atom. The van der Waals surface area contributed by atoms with E-state index in [1.54, 1.807) is 0 Å². The molecule has 0 aliphatic heterocycles. The van der Waals surface area contributed by atoms with Crippen LogP contribution in [0.4, 0.5) is 13.2 Å². The first-order valence-corrected chi connectivity index (χ1v) is 6.76. The number of rotatable bonds is 6. The third-order valence-electron chi connectivity index (χ3n) is 3.76. The fourth-order valence-corrected chi connectivity index (χ4v) is 2.40. The monoisotopic (exact) mass is 267 g/mol. The van der Waals surface area contributed by atoms with Crippen molar-refractivity contribution >= 4 is 0 Å². The summed E-state index contributed by atoms with van der Waals surface area (Å²) >= 11 is 0. The first-order chi connectivity index (χ1) is 8.38. The molecule has 108 valence electrons. The lowest BCUT2D eigenvalue weighted by molar-refractivity contribution is -0.173. The molecule has 5 heteroatoms. The molecule has 0 amide bonds. The molecule has 1 fully saturated rings. The molecule has 1 N–H and O–H groups in total. The molecule has 1 aliphatic rings. The summed E-state index contributed by atoms with van der Waals surface area (Å²) in [5.74, 6) is 1.52. The largest absolute Gasteiger partial charge is 0.411 e. The molecule has 0 aromatic carbocycles. The van der Waals surface area contributed by atoms with Gasteiger partial charge in [0.2, 0.25) is 0 Å². The van der Waals surface area contributed by atoms with E-state index in [9.17, 15) is 13.2 Å². The van der Waals surface area contributed by atoms with Gasteiger partial charge in [-0.15, -0.1) is 0 Å². The van der Waals surface area contributed by atoms with Crippen LogP contribution in [-0.4, -0.2) is 32.0 Å². The van der Waals surface area contributed by atoms with Gasteiger partial charge in [-0.25, -0.2) is 0 Å². The van der Waals surface area contributed by atoms with Gasteiger partial charge in [-0.05, 0) is 44.1 Å². The van der Waals surface area contributed by atoms with E-state index in [2.05, 4.69) is 23.9 Å². The third-order valence-corrected chi connectivity index (χ3v) is 3.76. The predicted octanol–water partition coefficient (Wildman–Crippen LogP) is 3.37. The maximum Gasteiger partial charge on any atom is 0.411 e. The molecule has 18 heavy (non-hydrogen) atoms. The van der Waals surface area contributed by atoms with E-state index in [1.165, 1.54) is 19.3 Å². The maximum atomic E-state index is 11.8. The van der Waals surface area contributed by atoms with Crippen molar-refractivity contribution in [3.63, 3.8) is 0 Å². The van der Waals surface area contributed by atoms with Crippen LogP contribution in [0.25, 0.3) is 0 Å². The van der Waals surface area contributed by atoms with Gasteiger partial charge >= 0.3 is 6.18 Å². The van der Waals surface area contributed by atoms with Crippen molar-refractivity contribution in [2.75, 3.05) is 19.8 Å². The summed E-state index contributed by atoms with van der Waals surface area (Å²) < 4.78 is 39.9. The Hall–Kier alpha value is -0.290. The van der Waals surface area contributed by atoms with Gasteiger partial charge in [-0.2, -0.15) is 13.2 Å². The van der Waals surface area contributed by atoms with E-state index in [0.29, 0.717) is 12.5 Å². The average molecular weight is 267 g/mol. The molecule has 0 aromatic heterocycles. The molecule has 0 saturated heterocycles. The summed E-state index contributed by atoms with van der Waals surface area (Å²) in [6.07, 6.45) is 0.0157. The molecule has 2 nitrogen and oxygen atoms in total. The lowest BCUT2D eigenvalue weighted by Crippen LogP contribution is -2.37. The molecule has 3 atom stereocenters. The van der Waals surface area contributed by atoms with Crippen molar-refractivity contribution in [3.05, 3.63) is 0 Å². The van der Waals surface area contributed by atoms with Gasteiger partial charge in [0.05, 0.1) is 0 Å². The van der Waals surface area contributed by atoms with Gasteiger partial charge in [0, 0.05) is 12.6 Å². The number of alkyl halides is 3. The zero-order chi connectivity index (χ0) is 13.6. The van der Waals surface area contributed by atoms with Gasteiger partial charge < -0.3 is 10.1 Å². The molecule has 0 spiro atoms. The van der Waals surface area contributed by atoms with Gasteiger partial charge in [0.1, 0.15) is 6.61 Å². The molecule has 1 rings (SSSR count). The van der Waals surface area contributed by atoms with Gasteiger partial charge in [0.25, 0.3) is 0 Å². The lowest BCUT2D eigenvalue weighted by atomic mass is 9.79. The zero-order valence-electron chi connectivity index (χ0n) is 11.2. The van der Waals surface area contributed by atoms with Gasteiger partial charge in [0.15, 0.2) is 0 Å². The summed E-state index contributed by atoms with van der Waals surface area (Å²) in [5.41, 5.74) is 0. The SMILES string of the molecule is CC1CCC(NCCCOCC(F)(F)F)CC1C.